The number of aliphatic hydroxyl groups excluding tert-OH is 1. The van der Waals surface area contributed by atoms with Crippen LogP contribution in [0, 0.1) is 0 Å². The van der Waals surface area contributed by atoms with Gasteiger partial charge >= 0.3 is 0 Å². The van der Waals surface area contributed by atoms with Gasteiger partial charge in [-0.05, 0) is 6.42 Å². The predicted octanol–water partition coefficient (Wildman–Crippen LogP) is 0.581. The van der Waals surface area contributed by atoms with Crippen molar-refractivity contribution in [2.75, 3.05) is 0 Å². The number of nitrogens with two attached hydrogens (primary N) is 1. The number of allylic oxidation sites excluding steroid dienone is 2. The lowest BCUT2D eigenvalue weighted by Gasteiger charge is -2.29. The number of aliphatic hydroxyl groups is 1. The Morgan fingerprint density at radius 3 is 2.70 bits per heavy atom. The summed E-state index contributed by atoms with van der Waals surface area (Å²) < 4.78 is 0. The van der Waals surface area contributed by atoms with Gasteiger partial charge in [0.1, 0.15) is 0 Å². The maximum absolute atomic E-state index is 9.37. The third kappa shape index (κ3) is 1.13. The molecule has 0 amide bonds. The molecular formula is C8H13NO. The molecule has 0 radical (unpaired) electrons. The lowest BCUT2D eigenvalue weighted by Crippen LogP contribution is -2.48. The molecule has 2 atom stereocenters. The van der Waals surface area contributed by atoms with Gasteiger partial charge in [-0.2, -0.15) is 0 Å². The highest BCUT2D eigenvalue weighted by molar-refractivity contribution is 5.24. The van der Waals surface area contributed by atoms with E-state index in [1.54, 1.807) is 6.08 Å². The Labute approximate surface area is 61.0 Å². The summed E-state index contributed by atoms with van der Waals surface area (Å²) in [7, 11) is 0. The minimum atomic E-state index is -0.533. The van der Waals surface area contributed by atoms with Gasteiger partial charge in [0.15, 0.2) is 0 Å². The van der Waals surface area contributed by atoms with Crippen LogP contribution in [-0.4, -0.2) is 16.7 Å². The monoisotopic (exact) mass is 139 g/mol. The van der Waals surface area contributed by atoms with Crippen LogP contribution in [0.25, 0.3) is 0 Å². The van der Waals surface area contributed by atoms with Gasteiger partial charge in [0, 0.05) is 0 Å². The lowest BCUT2D eigenvalue weighted by molar-refractivity contribution is 0.149. The first-order valence-electron chi connectivity index (χ1n) is 3.52. The zero-order valence-electron chi connectivity index (χ0n) is 6.12. The second kappa shape index (κ2) is 2.56. The molecule has 0 aromatic heterocycles. The molecule has 0 aromatic carbocycles. The molecule has 56 valence electrons. The van der Waals surface area contributed by atoms with E-state index in [9.17, 15) is 5.11 Å². The molecule has 0 bridgehead atoms. The van der Waals surface area contributed by atoms with E-state index < -0.39 is 11.6 Å². The standard InChI is InChI=1S/C8H13NO/c1-2-8(9)6-4-3-5-7(8)10/h3-7,10H,2,9H2,1H3/t7?,8-/m0/s1. The van der Waals surface area contributed by atoms with Crippen molar-refractivity contribution in [2.24, 2.45) is 5.73 Å². The van der Waals surface area contributed by atoms with Crippen molar-refractivity contribution < 1.29 is 5.11 Å². The first kappa shape index (κ1) is 7.51. The zero-order valence-corrected chi connectivity index (χ0v) is 6.12. The van der Waals surface area contributed by atoms with Gasteiger partial charge in [0.2, 0.25) is 0 Å². The van der Waals surface area contributed by atoms with Gasteiger partial charge in [0.25, 0.3) is 0 Å². The van der Waals surface area contributed by atoms with Gasteiger partial charge in [-0.15, -0.1) is 0 Å². The Bertz CT molecular complexity index is 174. The average molecular weight is 139 g/mol. The minimum absolute atomic E-state index is 0.525. The van der Waals surface area contributed by atoms with Crippen LogP contribution >= 0.6 is 0 Å². The molecule has 2 nitrogen and oxygen atoms in total. The molecule has 0 aliphatic heterocycles. The Morgan fingerprint density at radius 2 is 2.30 bits per heavy atom. The maximum atomic E-state index is 9.37. The van der Waals surface area contributed by atoms with Gasteiger partial charge in [-0.25, -0.2) is 0 Å². The molecule has 3 N–H and O–H groups in total. The molecule has 10 heavy (non-hydrogen) atoms. The summed E-state index contributed by atoms with van der Waals surface area (Å²) in [6.45, 7) is 1.96. The quantitative estimate of drug-likeness (QED) is 0.558. The van der Waals surface area contributed by atoms with Crippen LogP contribution in [0.4, 0.5) is 0 Å². The van der Waals surface area contributed by atoms with E-state index in [4.69, 9.17) is 5.73 Å². The Kier molecular flexibility index (Phi) is 1.92. The van der Waals surface area contributed by atoms with Gasteiger partial charge in [-0.3, -0.25) is 0 Å². The normalized spacial score (nSPS) is 38.5. The van der Waals surface area contributed by atoms with Crippen LogP contribution in [0.3, 0.4) is 0 Å². The van der Waals surface area contributed by atoms with Crippen molar-refractivity contribution in [3.63, 3.8) is 0 Å². The van der Waals surface area contributed by atoms with Crippen LogP contribution < -0.4 is 5.73 Å². The van der Waals surface area contributed by atoms with Crippen LogP contribution in [0.2, 0.25) is 0 Å². The number of rotatable bonds is 1. The molecule has 0 saturated heterocycles. The highest BCUT2D eigenvalue weighted by Crippen LogP contribution is 2.18. The van der Waals surface area contributed by atoms with E-state index in [1.165, 1.54) is 0 Å². The first-order chi connectivity index (χ1) is 4.69. The highest BCUT2D eigenvalue weighted by Gasteiger charge is 2.27. The lowest BCUT2D eigenvalue weighted by atomic mass is 9.87. The van der Waals surface area contributed by atoms with Crippen LogP contribution in [0.15, 0.2) is 24.3 Å². The third-order valence-corrected chi connectivity index (χ3v) is 1.97. The van der Waals surface area contributed by atoms with Gasteiger partial charge < -0.3 is 10.8 Å². The van der Waals surface area contributed by atoms with Gasteiger partial charge in [0.05, 0.1) is 11.6 Å². The minimum Gasteiger partial charge on any atom is -0.387 e. The summed E-state index contributed by atoms with van der Waals surface area (Å²) in [5.41, 5.74) is 5.28. The Morgan fingerprint density at radius 1 is 1.60 bits per heavy atom. The topological polar surface area (TPSA) is 46.2 Å². The molecule has 0 spiro atoms. The molecule has 0 heterocycles. The van der Waals surface area contributed by atoms with Crippen LogP contribution in [0.5, 0.6) is 0 Å². The zero-order chi connectivity index (χ0) is 7.61. The van der Waals surface area contributed by atoms with Crippen molar-refractivity contribution in [1.82, 2.24) is 0 Å². The smallest absolute Gasteiger partial charge is 0.0939 e. The Balaban J connectivity index is 2.77. The fraction of sp³-hybridized carbons (Fsp3) is 0.500. The summed E-state index contributed by atoms with van der Waals surface area (Å²) in [6.07, 6.45) is 7.47. The SMILES string of the molecule is CC[C@]1(N)C=CC=CC1O. The molecule has 2 heteroatoms. The van der Waals surface area contributed by atoms with Crippen molar-refractivity contribution in [3.05, 3.63) is 24.3 Å². The fourth-order valence-electron chi connectivity index (χ4n) is 1.01. The van der Waals surface area contributed by atoms with Crippen molar-refractivity contribution in [1.29, 1.82) is 0 Å². The van der Waals surface area contributed by atoms with E-state index >= 15 is 0 Å². The van der Waals surface area contributed by atoms with Crippen molar-refractivity contribution in [2.45, 2.75) is 25.0 Å². The first-order valence-corrected chi connectivity index (χ1v) is 3.52. The second-order valence-corrected chi connectivity index (χ2v) is 2.65. The van der Waals surface area contributed by atoms with E-state index in [1.807, 2.05) is 25.2 Å². The maximum Gasteiger partial charge on any atom is 0.0939 e. The molecule has 0 saturated carbocycles. The summed E-state index contributed by atoms with van der Waals surface area (Å²) in [6, 6.07) is 0. The van der Waals surface area contributed by atoms with E-state index in [0.29, 0.717) is 0 Å². The molecule has 0 fully saturated rings. The molecule has 1 aliphatic carbocycles. The van der Waals surface area contributed by atoms with E-state index in [2.05, 4.69) is 0 Å². The largest absolute Gasteiger partial charge is 0.387 e. The summed E-state index contributed by atoms with van der Waals surface area (Å²) in [5.74, 6) is 0. The van der Waals surface area contributed by atoms with E-state index in [0.717, 1.165) is 6.42 Å². The molecule has 1 rings (SSSR count). The molecule has 1 unspecified atom stereocenters. The molecule has 0 aromatic rings. The van der Waals surface area contributed by atoms with E-state index in [-0.39, 0.29) is 0 Å². The average Bonchev–Trinajstić information content (AvgIpc) is 1.96. The third-order valence-electron chi connectivity index (χ3n) is 1.97. The molecule has 1 aliphatic rings. The molecular weight excluding hydrogens is 126 g/mol. The highest BCUT2D eigenvalue weighted by atomic mass is 16.3. The van der Waals surface area contributed by atoms with Gasteiger partial charge in [-0.1, -0.05) is 31.2 Å². The van der Waals surface area contributed by atoms with Crippen LogP contribution in [-0.2, 0) is 0 Å². The van der Waals surface area contributed by atoms with Crippen LogP contribution in [0.1, 0.15) is 13.3 Å². The predicted molar refractivity (Wildman–Crippen MR) is 41.5 cm³/mol. The summed E-state index contributed by atoms with van der Waals surface area (Å²) >= 11 is 0. The summed E-state index contributed by atoms with van der Waals surface area (Å²) in [5, 5.41) is 9.37. The van der Waals surface area contributed by atoms with Crippen molar-refractivity contribution >= 4 is 0 Å². The summed E-state index contributed by atoms with van der Waals surface area (Å²) in [4.78, 5) is 0. The number of hydrogen-bond donors (Lipinski definition) is 2. The van der Waals surface area contributed by atoms with Crippen molar-refractivity contribution in [3.8, 4) is 0 Å². The second-order valence-electron chi connectivity index (χ2n) is 2.65. The Hall–Kier alpha value is -0.600. The number of hydrogen-bond acceptors (Lipinski definition) is 2. The fourth-order valence-corrected chi connectivity index (χ4v) is 1.01.